The number of furan rings is 1. The maximum atomic E-state index is 14.4. The van der Waals surface area contributed by atoms with Gasteiger partial charge in [0.1, 0.15) is 0 Å². The second-order valence-electron chi connectivity index (χ2n) is 25.6. The zero-order valence-electron chi connectivity index (χ0n) is 54.9. The summed E-state index contributed by atoms with van der Waals surface area (Å²) in [5.74, 6) is -11.0. The van der Waals surface area contributed by atoms with Crippen LogP contribution in [0.1, 0.15) is 150 Å². The van der Waals surface area contributed by atoms with Crippen LogP contribution >= 0.6 is 0 Å². The normalized spacial score (nSPS) is 14.1. The number of para-hydroxylation sites is 2. The molecule has 0 spiro atoms. The number of fused-ring (bicyclic) bond motifs is 3. The predicted octanol–water partition coefficient (Wildman–Crippen LogP) is 4.00. The molecule has 15 N–H and O–H groups in total. The molecule has 0 bridgehead atoms. The number of nitrogens with two attached hydrogens (primary N) is 5. The predicted molar refractivity (Wildman–Crippen MR) is 358 cm³/mol. The summed E-state index contributed by atoms with van der Waals surface area (Å²) in [5, 5.41) is 15.5. The molecule has 1 aromatic heterocycles. The quantitative estimate of drug-likeness (QED) is 0.0221. The molecule has 93 heavy (non-hydrogen) atoms. The summed E-state index contributed by atoms with van der Waals surface area (Å²) in [6, 6.07) is 18.1. The molecule has 0 aliphatic rings. The number of nitrogens with one attached hydrogen (secondary N) is 5. The Labute approximate surface area is 552 Å². The Kier molecular flexibility index (Phi) is 34.0. The number of primary amides is 2. The molecule has 0 radical (unpaired) electrons. The van der Waals surface area contributed by atoms with Crippen LogP contribution in [-0.4, -0.2) is 136 Å². The van der Waals surface area contributed by atoms with Gasteiger partial charge in [-0.1, -0.05) is 70.9 Å². The first-order chi connectivity index (χ1) is 44.2. The van der Waals surface area contributed by atoms with Crippen molar-refractivity contribution in [3.63, 3.8) is 0 Å². The number of benzene rings is 3. The third-order valence-corrected chi connectivity index (χ3v) is 18.6. The number of rotatable bonds is 47. The third-order valence-electron chi connectivity index (χ3n) is 16.0. The zero-order valence-corrected chi connectivity index (χ0v) is 56.7. The summed E-state index contributed by atoms with van der Waals surface area (Å²) in [6.45, 7) is 11.0. The summed E-state index contributed by atoms with van der Waals surface area (Å²) < 4.78 is 7.10. The summed E-state index contributed by atoms with van der Waals surface area (Å²) in [4.78, 5) is 163. The molecule has 1 heterocycles. The van der Waals surface area contributed by atoms with Crippen LogP contribution in [0.4, 0.5) is 0 Å². The Morgan fingerprint density at radius 2 is 1.04 bits per heavy atom. The fourth-order valence-electron chi connectivity index (χ4n) is 11.1. The van der Waals surface area contributed by atoms with Crippen molar-refractivity contribution >= 4 is 112 Å². The molecule has 0 aliphatic carbocycles. The van der Waals surface area contributed by atoms with Crippen molar-refractivity contribution in [2.45, 2.75) is 180 Å². The van der Waals surface area contributed by atoms with Crippen molar-refractivity contribution in [1.82, 2.24) is 26.6 Å². The fraction of sp³-hybridized carbons (Fsp3) is 0.565. The number of hydrogen-bond donors (Lipinski definition) is 10. The van der Waals surface area contributed by atoms with E-state index in [1.54, 1.807) is 0 Å². The van der Waals surface area contributed by atoms with Crippen molar-refractivity contribution in [2.24, 2.45) is 70.1 Å². The average Bonchev–Trinajstić information content (AvgIpc) is 1.65. The maximum absolute atomic E-state index is 14.4. The first-order valence-electron chi connectivity index (χ1n) is 32.6. The molecule has 510 valence electrons. The van der Waals surface area contributed by atoms with Crippen LogP contribution in [0.5, 0.6) is 0 Å². The van der Waals surface area contributed by atoms with E-state index in [2.05, 4.69) is 26.6 Å². The van der Waals surface area contributed by atoms with Crippen molar-refractivity contribution in [1.29, 1.82) is 0 Å². The topological polar surface area (TPSA) is 408 Å². The van der Waals surface area contributed by atoms with Gasteiger partial charge in [0.25, 0.3) is 0 Å². The van der Waals surface area contributed by atoms with E-state index in [0.717, 1.165) is 20.8 Å². The summed E-state index contributed by atoms with van der Waals surface area (Å²) in [7, 11) is 0. The molecular weight excluding hydrogens is 1260 g/mol. The smallest absolute Gasteiger partial charge is 0.370 e. The van der Waals surface area contributed by atoms with Crippen LogP contribution in [0.2, 0.25) is 5.32 Å². The van der Waals surface area contributed by atoms with E-state index in [0.29, 0.717) is 56.4 Å². The first kappa shape index (κ1) is 77.9. The van der Waals surface area contributed by atoms with E-state index in [1.165, 1.54) is 0 Å². The third kappa shape index (κ3) is 27.9. The minimum Gasteiger partial charge on any atom is -0.370 e. The van der Waals surface area contributed by atoms with Gasteiger partial charge < -0.3 is 34.0 Å². The number of amides is 7. The van der Waals surface area contributed by atoms with Gasteiger partial charge in [0.05, 0.1) is 18.5 Å². The Morgan fingerprint density at radius 1 is 0.495 bits per heavy atom. The van der Waals surface area contributed by atoms with Crippen LogP contribution in [0.25, 0.3) is 21.9 Å². The van der Waals surface area contributed by atoms with E-state index in [1.807, 2.05) is 114 Å². The van der Waals surface area contributed by atoms with Crippen LogP contribution in [-0.2, 0) is 64.0 Å². The second kappa shape index (κ2) is 40.6. The van der Waals surface area contributed by atoms with Crippen LogP contribution in [0.3, 0.4) is 0 Å². The number of carbonyl (C=O) groups excluding carboxylic acids is 12. The van der Waals surface area contributed by atoms with Gasteiger partial charge >= 0.3 is 286 Å². The molecule has 8 atom stereocenters. The molecule has 24 heteroatoms. The van der Waals surface area contributed by atoms with Crippen LogP contribution < -0.4 is 59.7 Å². The Morgan fingerprint density at radius 3 is 1.67 bits per heavy atom. The Balaban J connectivity index is 1.48. The average molecular weight is 1360 g/mol. The molecule has 4 aromatic rings. The van der Waals surface area contributed by atoms with E-state index >= 15 is 0 Å². The van der Waals surface area contributed by atoms with E-state index in [-0.39, 0.29) is 93.7 Å². The van der Waals surface area contributed by atoms with E-state index in [4.69, 9.17) is 33.1 Å². The summed E-state index contributed by atoms with van der Waals surface area (Å²) in [5.41, 5.74) is 30.8. The summed E-state index contributed by atoms with van der Waals surface area (Å²) >= 11 is -0.458. The number of carbonyl (C=O) groups is 12. The molecule has 3 aromatic carbocycles. The zero-order chi connectivity index (χ0) is 68.7. The van der Waals surface area contributed by atoms with E-state index < -0.39 is 153 Å². The minimum atomic E-state index is -1.41. The van der Waals surface area contributed by atoms with Crippen LogP contribution in [0.15, 0.2) is 77.2 Å². The van der Waals surface area contributed by atoms with Gasteiger partial charge in [0.15, 0.2) is 5.78 Å². The summed E-state index contributed by atoms with van der Waals surface area (Å²) in [6.07, 6.45) is 0.987. The molecular formula is C69H100N10O13Se. The van der Waals surface area contributed by atoms with Gasteiger partial charge in [-0.2, -0.15) is 0 Å². The molecule has 23 nitrogen and oxygen atoms in total. The Bertz CT molecular complexity index is 3170. The van der Waals surface area contributed by atoms with Gasteiger partial charge in [0.2, 0.25) is 23.6 Å². The molecule has 0 aliphatic heterocycles. The van der Waals surface area contributed by atoms with Gasteiger partial charge in [-0.3, -0.25) is 28.8 Å². The van der Waals surface area contributed by atoms with E-state index in [9.17, 15) is 57.5 Å². The molecule has 0 saturated heterocycles. The number of ketones is 5. The molecule has 0 fully saturated rings. The molecule has 7 amide bonds. The first-order valence-corrected chi connectivity index (χ1v) is 34.6. The monoisotopic (exact) mass is 1360 g/mol. The van der Waals surface area contributed by atoms with Crippen molar-refractivity contribution in [3.05, 3.63) is 78.4 Å². The number of hydrogen-bond acceptors (Lipinski definition) is 16. The SMILES string of the molecule is CC(C)C[C@H](CC(=O)CNC(=O)[C@H](C[Se]c1cccc2c1oc1ccccc12)CC(=O)CNC(=O)CCC(=O)[C@H](Cc1ccccc1)NC(=O)[C@@H](N)CC(C)C)C(=O)N[C@@H](CC(C)C)C(=O)C[C@@H](CCCCN)C(=O)N[C@@H](CC(N)=O)C(=O)C[C@@H](CCCCN)C(N)=O. The van der Waals surface area contributed by atoms with Gasteiger partial charge in [-0.25, -0.2) is 0 Å². The standard InChI is InChI=1S/C69H100N10O13Se/c1-41(2)29-47(68(90)77-54(31-43(5)6)59(84)36-46(20-13-15-28-71)67(89)78-56(37-62(73)85)58(83)35-45(65(74)87)19-12-14-27-70)33-49(80)39-76-66(88)48(40-93-61-24-16-22-52-51-21-10-11-23-60(51)92-64(52)61)34-50(81)38-75-63(86)26-25-57(82)55(32-44-17-8-7-9-18-44)79-69(91)53(72)30-42(3)4/h7-11,16-18,21-24,41-43,45-48,53-56H,12-15,19-20,25-40,70-72H2,1-6H3,(H2,73,85)(H2,74,87)(H,75,86)(H,76,88)(H,77,90)(H,78,89)(H,79,91)/t45-,46-,47-,48+,53+,54+,55+,56+/m1/s1. The molecule has 0 unspecified atom stereocenters. The molecule has 4 rings (SSSR count). The van der Waals surface area contributed by atoms with Crippen molar-refractivity contribution in [2.75, 3.05) is 26.2 Å². The van der Waals surface area contributed by atoms with Crippen molar-refractivity contribution < 1.29 is 62.0 Å². The number of unbranched alkanes of at least 4 members (excludes halogenated alkanes) is 2. The van der Waals surface area contributed by atoms with Crippen molar-refractivity contribution in [3.8, 4) is 0 Å². The van der Waals surface area contributed by atoms with Gasteiger partial charge in [-0.05, 0) is 62.6 Å². The Hall–Kier alpha value is -7.50. The fourth-order valence-corrected chi connectivity index (χ4v) is 13.4. The van der Waals surface area contributed by atoms with Gasteiger partial charge in [-0.15, -0.1) is 0 Å². The van der Waals surface area contributed by atoms with Crippen LogP contribution in [0, 0.1) is 41.4 Å². The number of Topliss-reactive ketones (excluding diaryl/α,β-unsaturated/α-hetero) is 5. The molecule has 0 saturated carbocycles. The minimum absolute atomic E-state index is 0.101. The van der Waals surface area contributed by atoms with Gasteiger partial charge in [0, 0.05) is 24.7 Å². The second-order valence-corrected chi connectivity index (χ2v) is 27.9.